The van der Waals surface area contributed by atoms with Gasteiger partial charge in [-0.25, -0.2) is 4.39 Å². The first-order valence-corrected chi connectivity index (χ1v) is 10.9. The summed E-state index contributed by atoms with van der Waals surface area (Å²) in [7, 11) is 0. The third kappa shape index (κ3) is 3.89. The number of hydrogen-bond donors (Lipinski definition) is 0. The molecule has 0 bridgehead atoms. The number of benzene rings is 3. The molecule has 1 aliphatic heterocycles. The average molecular weight is 442 g/mol. The molecule has 1 aliphatic rings. The van der Waals surface area contributed by atoms with Gasteiger partial charge in [-0.15, -0.1) is 0 Å². The predicted molar refractivity (Wildman–Crippen MR) is 127 cm³/mol. The van der Waals surface area contributed by atoms with Crippen LogP contribution in [0, 0.1) is 12.7 Å². The Morgan fingerprint density at radius 3 is 2.27 bits per heavy atom. The standard InChI is InChI=1S/C27H23FN2O3/c1-18-24(31)22-8-5-9-23(26(22)33-25(18)19-6-3-2-4-7-19)27(32)30-16-14-29(15-17-30)21-12-10-20(28)11-13-21/h2-13H,14-17H2,1H3. The van der Waals surface area contributed by atoms with Crippen molar-refractivity contribution in [2.45, 2.75) is 6.92 Å². The van der Waals surface area contributed by atoms with Gasteiger partial charge >= 0.3 is 0 Å². The lowest BCUT2D eigenvalue weighted by Crippen LogP contribution is -2.48. The smallest absolute Gasteiger partial charge is 0.257 e. The van der Waals surface area contributed by atoms with Crippen LogP contribution in [0.25, 0.3) is 22.3 Å². The van der Waals surface area contributed by atoms with E-state index in [0.717, 1.165) is 11.3 Å². The van der Waals surface area contributed by atoms with Gasteiger partial charge in [0.15, 0.2) is 11.0 Å². The van der Waals surface area contributed by atoms with Gasteiger partial charge in [0, 0.05) is 43.0 Å². The van der Waals surface area contributed by atoms with Crippen LogP contribution in [0.1, 0.15) is 15.9 Å². The molecule has 0 saturated carbocycles. The van der Waals surface area contributed by atoms with Crippen molar-refractivity contribution in [3.63, 3.8) is 0 Å². The highest BCUT2D eigenvalue weighted by Crippen LogP contribution is 2.28. The SMILES string of the molecule is Cc1c(-c2ccccc2)oc2c(C(=O)N3CCN(c4ccc(F)cc4)CC3)cccc2c1=O. The molecule has 1 aromatic heterocycles. The minimum atomic E-state index is -0.268. The summed E-state index contributed by atoms with van der Waals surface area (Å²) in [5.74, 6) is 0.0509. The number of amides is 1. The van der Waals surface area contributed by atoms with Gasteiger partial charge in [0.1, 0.15) is 11.6 Å². The third-order valence-electron chi connectivity index (χ3n) is 6.17. The molecule has 2 heterocycles. The molecular formula is C27H23FN2O3. The molecule has 0 N–H and O–H groups in total. The molecule has 1 amide bonds. The van der Waals surface area contributed by atoms with Gasteiger partial charge in [-0.1, -0.05) is 36.4 Å². The third-order valence-corrected chi connectivity index (χ3v) is 6.17. The molecule has 0 unspecified atom stereocenters. The summed E-state index contributed by atoms with van der Waals surface area (Å²) in [5.41, 5.74) is 2.82. The summed E-state index contributed by atoms with van der Waals surface area (Å²) < 4.78 is 19.4. The topological polar surface area (TPSA) is 53.8 Å². The van der Waals surface area contributed by atoms with E-state index >= 15 is 0 Å². The molecule has 4 aromatic rings. The van der Waals surface area contributed by atoms with Crippen LogP contribution in [0.15, 0.2) is 82.0 Å². The van der Waals surface area contributed by atoms with Crippen molar-refractivity contribution in [3.05, 3.63) is 100.0 Å². The summed E-state index contributed by atoms with van der Waals surface area (Å²) >= 11 is 0. The molecule has 166 valence electrons. The Morgan fingerprint density at radius 1 is 0.879 bits per heavy atom. The number of hydrogen-bond acceptors (Lipinski definition) is 4. The minimum absolute atomic E-state index is 0.133. The van der Waals surface area contributed by atoms with E-state index < -0.39 is 0 Å². The van der Waals surface area contributed by atoms with Gasteiger partial charge < -0.3 is 14.2 Å². The van der Waals surface area contributed by atoms with E-state index in [9.17, 15) is 14.0 Å². The van der Waals surface area contributed by atoms with Crippen molar-refractivity contribution >= 4 is 22.6 Å². The van der Waals surface area contributed by atoms with Crippen LogP contribution in [-0.4, -0.2) is 37.0 Å². The molecule has 6 heteroatoms. The fourth-order valence-electron chi connectivity index (χ4n) is 4.33. The predicted octanol–water partition coefficient (Wildman–Crippen LogP) is 4.87. The zero-order chi connectivity index (χ0) is 22.9. The van der Waals surface area contributed by atoms with E-state index in [2.05, 4.69) is 4.90 Å². The Morgan fingerprint density at radius 2 is 1.58 bits per heavy atom. The van der Waals surface area contributed by atoms with Crippen LogP contribution in [0.2, 0.25) is 0 Å². The molecular weight excluding hydrogens is 419 g/mol. The summed E-state index contributed by atoms with van der Waals surface area (Å²) in [4.78, 5) is 30.4. The lowest BCUT2D eigenvalue weighted by atomic mass is 10.0. The zero-order valence-corrected chi connectivity index (χ0v) is 18.3. The normalized spacial score (nSPS) is 14.0. The number of fused-ring (bicyclic) bond motifs is 1. The summed E-state index contributed by atoms with van der Waals surface area (Å²) in [6.07, 6.45) is 0. The molecule has 3 aromatic carbocycles. The first kappa shape index (κ1) is 20.9. The molecule has 0 atom stereocenters. The maximum Gasteiger partial charge on any atom is 0.257 e. The Bertz CT molecular complexity index is 1370. The van der Waals surface area contributed by atoms with Crippen molar-refractivity contribution in [1.29, 1.82) is 0 Å². The van der Waals surface area contributed by atoms with E-state index in [4.69, 9.17) is 4.42 Å². The number of nitrogens with zero attached hydrogens (tertiary/aromatic N) is 2. The Kier molecular flexibility index (Phi) is 5.42. The van der Waals surface area contributed by atoms with Gasteiger partial charge in [0.05, 0.1) is 10.9 Å². The molecule has 33 heavy (non-hydrogen) atoms. The highest BCUT2D eigenvalue weighted by Gasteiger charge is 2.25. The fourth-order valence-corrected chi connectivity index (χ4v) is 4.33. The van der Waals surface area contributed by atoms with Crippen LogP contribution in [0.3, 0.4) is 0 Å². The number of rotatable bonds is 3. The number of anilines is 1. The van der Waals surface area contributed by atoms with Crippen molar-refractivity contribution in [2.24, 2.45) is 0 Å². The first-order valence-electron chi connectivity index (χ1n) is 10.9. The monoisotopic (exact) mass is 442 g/mol. The number of piperazine rings is 1. The molecule has 1 fully saturated rings. The molecule has 5 nitrogen and oxygen atoms in total. The maximum absolute atomic E-state index is 13.4. The van der Waals surface area contributed by atoms with Gasteiger partial charge in [0.2, 0.25) is 0 Å². The highest BCUT2D eigenvalue weighted by atomic mass is 19.1. The minimum Gasteiger partial charge on any atom is -0.455 e. The van der Waals surface area contributed by atoms with E-state index in [0.29, 0.717) is 54.0 Å². The quantitative estimate of drug-likeness (QED) is 0.454. The Labute approximate surface area is 190 Å². The lowest BCUT2D eigenvalue weighted by molar-refractivity contribution is 0.0747. The summed E-state index contributed by atoms with van der Waals surface area (Å²) in [5, 5.41) is 0.406. The van der Waals surface area contributed by atoms with E-state index in [1.54, 1.807) is 42.2 Å². The number of carbonyl (C=O) groups excluding carboxylic acids is 1. The number of para-hydroxylation sites is 1. The van der Waals surface area contributed by atoms with Crippen LogP contribution in [0.5, 0.6) is 0 Å². The number of halogens is 1. The summed E-state index contributed by atoms with van der Waals surface area (Å²) in [6.45, 7) is 4.07. The van der Waals surface area contributed by atoms with Crippen molar-refractivity contribution in [1.82, 2.24) is 4.90 Å². The van der Waals surface area contributed by atoms with Gasteiger partial charge in [-0.05, 0) is 43.3 Å². The fraction of sp³-hybridized carbons (Fsp3) is 0.185. The van der Waals surface area contributed by atoms with Gasteiger partial charge in [0.25, 0.3) is 5.91 Å². The van der Waals surface area contributed by atoms with Gasteiger partial charge in [-0.3, -0.25) is 9.59 Å². The van der Waals surface area contributed by atoms with E-state index in [-0.39, 0.29) is 17.2 Å². The Balaban J connectivity index is 1.46. The zero-order valence-electron chi connectivity index (χ0n) is 18.3. The van der Waals surface area contributed by atoms with Crippen molar-refractivity contribution < 1.29 is 13.6 Å². The van der Waals surface area contributed by atoms with Gasteiger partial charge in [-0.2, -0.15) is 0 Å². The molecule has 5 rings (SSSR count). The van der Waals surface area contributed by atoms with Crippen LogP contribution in [-0.2, 0) is 0 Å². The Hall–Kier alpha value is -3.93. The second-order valence-electron chi connectivity index (χ2n) is 8.19. The highest BCUT2D eigenvalue weighted by molar-refractivity contribution is 6.05. The van der Waals surface area contributed by atoms with Crippen molar-refractivity contribution in [3.8, 4) is 11.3 Å². The van der Waals surface area contributed by atoms with Crippen LogP contribution in [0.4, 0.5) is 10.1 Å². The second kappa shape index (κ2) is 8.54. The van der Waals surface area contributed by atoms with Crippen LogP contribution < -0.4 is 10.3 Å². The molecule has 0 spiro atoms. The largest absolute Gasteiger partial charge is 0.455 e. The lowest BCUT2D eigenvalue weighted by Gasteiger charge is -2.36. The van der Waals surface area contributed by atoms with Crippen LogP contribution >= 0.6 is 0 Å². The second-order valence-corrected chi connectivity index (χ2v) is 8.19. The average Bonchev–Trinajstić information content (AvgIpc) is 2.86. The molecule has 0 aliphatic carbocycles. The molecule has 0 radical (unpaired) electrons. The van der Waals surface area contributed by atoms with E-state index in [1.807, 2.05) is 30.3 Å². The first-order chi connectivity index (χ1) is 16.0. The number of carbonyl (C=O) groups is 1. The maximum atomic E-state index is 13.4. The molecule has 1 saturated heterocycles. The van der Waals surface area contributed by atoms with E-state index in [1.165, 1.54) is 12.1 Å². The van der Waals surface area contributed by atoms with Crippen molar-refractivity contribution in [2.75, 3.05) is 31.1 Å². The summed E-state index contributed by atoms with van der Waals surface area (Å²) in [6, 6.07) is 21.0.